The van der Waals surface area contributed by atoms with Crippen LogP contribution in [-0.4, -0.2) is 15.9 Å². The van der Waals surface area contributed by atoms with Gasteiger partial charge >= 0.3 is 0 Å². The maximum atomic E-state index is 12.7. The second kappa shape index (κ2) is 3.91. The molecule has 0 aromatic carbocycles. The number of halogens is 1. The molecule has 0 aliphatic heterocycles. The molecule has 5 heteroatoms. The van der Waals surface area contributed by atoms with Crippen molar-refractivity contribution >= 4 is 11.7 Å². The molecule has 2 aromatic heterocycles. The lowest BCUT2D eigenvalue weighted by Gasteiger charge is -2.01. The maximum Gasteiger partial charge on any atom is 0.273 e. The summed E-state index contributed by atoms with van der Waals surface area (Å²) in [6, 6.07) is 7.53. The highest BCUT2D eigenvalue weighted by Crippen LogP contribution is 2.05. The van der Waals surface area contributed by atoms with Gasteiger partial charge in [-0.3, -0.25) is 4.79 Å². The SMILES string of the molecule is O=C(Nc1cccc(F)n1)c1ccc[nH]1. The van der Waals surface area contributed by atoms with Crippen molar-refractivity contribution in [3.05, 3.63) is 48.2 Å². The highest BCUT2D eigenvalue weighted by molar-refractivity contribution is 6.02. The van der Waals surface area contributed by atoms with Crippen molar-refractivity contribution in [3.8, 4) is 0 Å². The second-order valence-electron chi connectivity index (χ2n) is 2.88. The molecule has 0 bridgehead atoms. The molecule has 0 saturated carbocycles. The van der Waals surface area contributed by atoms with Crippen molar-refractivity contribution in [2.75, 3.05) is 5.32 Å². The van der Waals surface area contributed by atoms with Gasteiger partial charge in [0.2, 0.25) is 5.95 Å². The number of anilines is 1. The summed E-state index contributed by atoms with van der Waals surface area (Å²) in [4.78, 5) is 17.7. The number of hydrogen-bond donors (Lipinski definition) is 2. The number of aromatic nitrogens is 2. The van der Waals surface area contributed by atoms with Crippen LogP contribution in [0.3, 0.4) is 0 Å². The molecule has 0 unspecified atom stereocenters. The van der Waals surface area contributed by atoms with Gasteiger partial charge in [-0.05, 0) is 24.3 Å². The van der Waals surface area contributed by atoms with E-state index in [4.69, 9.17) is 0 Å². The summed E-state index contributed by atoms with van der Waals surface area (Å²) in [7, 11) is 0. The minimum atomic E-state index is -0.626. The summed E-state index contributed by atoms with van der Waals surface area (Å²) in [5.41, 5.74) is 0.404. The first kappa shape index (κ1) is 9.39. The lowest BCUT2D eigenvalue weighted by atomic mass is 10.4. The molecule has 0 spiro atoms. The van der Waals surface area contributed by atoms with E-state index in [1.807, 2.05) is 0 Å². The fraction of sp³-hybridized carbons (Fsp3) is 0. The smallest absolute Gasteiger partial charge is 0.273 e. The van der Waals surface area contributed by atoms with Crippen molar-refractivity contribution < 1.29 is 9.18 Å². The highest BCUT2D eigenvalue weighted by Gasteiger charge is 2.06. The minimum Gasteiger partial charge on any atom is -0.357 e. The van der Waals surface area contributed by atoms with Gasteiger partial charge in [-0.2, -0.15) is 4.39 Å². The molecule has 15 heavy (non-hydrogen) atoms. The van der Waals surface area contributed by atoms with Gasteiger partial charge in [0.25, 0.3) is 5.91 Å². The van der Waals surface area contributed by atoms with Crippen LogP contribution in [0.4, 0.5) is 10.2 Å². The molecule has 76 valence electrons. The van der Waals surface area contributed by atoms with E-state index in [1.165, 1.54) is 18.2 Å². The van der Waals surface area contributed by atoms with E-state index in [9.17, 15) is 9.18 Å². The Kier molecular flexibility index (Phi) is 2.45. The number of pyridine rings is 1. The number of carbonyl (C=O) groups excluding carboxylic acids is 1. The van der Waals surface area contributed by atoms with Crippen LogP contribution in [-0.2, 0) is 0 Å². The first-order valence-corrected chi connectivity index (χ1v) is 4.33. The van der Waals surface area contributed by atoms with Crippen LogP contribution in [0.2, 0.25) is 0 Å². The van der Waals surface area contributed by atoms with Crippen molar-refractivity contribution in [2.24, 2.45) is 0 Å². The molecular weight excluding hydrogens is 197 g/mol. The molecule has 0 fully saturated rings. The van der Waals surface area contributed by atoms with E-state index in [0.29, 0.717) is 5.69 Å². The molecule has 1 amide bonds. The fourth-order valence-corrected chi connectivity index (χ4v) is 1.13. The third kappa shape index (κ3) is 2.19. The topological polar surface area (TPSA) is 57.8 Å². The maximum absolute atomic E-state index is 12.7. The first-order valence-electron chi connectivity index (χ1n) is 4.33. The van der Waals surface area contributed by atoms with Crippen molar-refractivity contribution in [3.63, 3.8) is 0 Å². The van der Waals surface area contributed by atoms with Gasteiger partial charge in [-0.1, -0.05) is 6.07 Å². The van der Waals surface area contributed by atoms with E-state index < -0.39 is 5.95 Å². The zero-order chi connectivity index (χ0) is 10.7. The largest absolute Gasteiger partial charge is 0.357 e. The molecule has 0 aliphatic carbocycles. The Labute approximate surface area is 85.2 Å². The number of hydrogen-bond acceptors (Lipinski definition) is 2. The predicted octanol–water partition coefficient (Wildman–Crippen LogP) is 1.80. The third-order valence-corrected chi connectivity index (χ3v) is 1.80. The highest BCUT2D eigenvalue weighted by atomic mass is 19.1. The van der Waals surface area contributed by atoms with Crippen LogP contribution in [0.25, 0.3) is 0 Å². The standard InChI is InChI=1S/C10H8FN3O/c11-8-4-1-5-9(13-8)14-10(15)7-3-2-6-12-7/h1-6,12H,(H,13,14,15). The van der Waals surface area contributed by atoms with Crippen LogP contribution in [0.1, 0.15) is 10.5 Å². The normalized spacial score (nSPS) is 9.93. The zero-order valence-corrected chi connectivity index (χ0v) is 7.70. The van der Waals surface area contributed by atoms with Gasteiger partial charge in [0.1, 0.15) is 11.5 Å². The minimum absolute atomic E-state index is 0.189. The first-order chi connectivity index (χ1) is 7.25. The molecule has 0 radical (unpaired) electrons. The Bertz CT molecular complexity index is 467. The van der Waals surface area contributed by atoms with E-state index in [-0.39, 0.29) is 11.7 Å². The summed E-state index contributed by atoms with van der Waals surface area (Å²) >= 11 is 0. The number of carbonyl (C=O) groups is 1. The Hall–Kier alpha value is -2.17. The molecular formula is C10H8FN3O. The summed E-state index contributed by atoms with van der Waals surface area (Å²) in [5.74, 6) is -0.785. The number of H-pyrrole nitrogens is 1. The Balaban J connectivity index is 2.13. The van der Waals surface area contributed by atoms with Gasteiger partial charge in [0, 0.05) is 6.20 Å². The molecule has 0 aliphatic rings. The predicted molar refractivity (Wildman–Crippen MR) is 52.9 cm³/mol. The molecule has 2 rings (SSSR count). The van der Waals surface area contributed by atoms with Gasteiger partial charge in [0.05, 0.1) is 0 Å². The number of rotatable bonds is 2. The lowest BCUT2D eigenvalue weighted by molar-refractivity contribution is 0.102. The van der Waals surface area contributed by atoms with Crippen LogP contribution in [0.5, 0.6) is 0 Å². The van der Waals surface area contributed by atoms with Gasteiger partial charge in [-0.15, -0.1) is 0 Å². The molecule has 2 heterocycles. The molecule has 2 N–H and O–H groups in total. The number of aromatic amines is 1. The van der Waals surface area contributed by atoms with E-state index in [2.05, 4.69) is 15.3 Å². The van der Waals surface area contributed by atoms with Crippen LogP contribution in [0, 0.1) is 5.95 Å². The number of nitrogens with zero attached hydrogens (tertiary/aromatic N) is 1. The van der Waals surface area contributed by atoms with Crippen molar-refractivity contribution in [2.45, 2.75) is 0 Å². The van der Waals surface area contributed by atoms with Crippen molar-refractivity contribution in [1.82, 2.24) is 9.97 Å². The Morgan fingerprint density at radius 2 is 2.20 bits per heavy atom. The van der Waals surface area contributed by atoms with Crippen LogP contribution >= 0.6 is 0 Å². The van der Waals surface area contributed by atoms with Crippen molar-refractivity contribution in [1.29, 1.82) is 0 Å². The summed E-state index contributed by atoms with van der Waals surface area (Å²) in [6.45, 7) is 0. The summed E-state index contributed by atoms with van der Waals surface area (Å²) in [6.07, 6.45) is 1.63. The Morgan fingerprint density at radius 1 is 1.33 bits per heavy atom. The summed E-state index contributed by atoms with van der Waals surface area (Å²) < 4.78 is 12.7. The molecule has 4 nitrogen and oxygen atoms in total. The monoisotopic (exact) mass is 205 g/mol. The van der Waals surface area contributed by atoms with Gasteiger partial charge < -0.3 is 10.3 Å². The van der Waals surface area contributed by atoms with Crippen LogP contribution in [0.15, 0.2) is 36.5 Å². The van der Waals surface area contributed by atoms with E-state index in [1.54, 1.807) is 18.3 Å². The Morgan fingerprint density at radius 3 is 2.87 bits per heavy atom. The average molecular weight is 205 g/mol. The van der Waals surface area contributed by atoms with E-state index in [0.717, 1.165) is 0 Å². The second-order valence-corrected chi connectivity index (χ2v) is 2.88. The van der Waals surface area contributed by atoms with Crippen LogP contribution < -0.4 is 5.32 Å². The molecule has 2 aromatic rings. The summed E-state index contributed by atoms with van der Waals surface area (Å²) in [5, 5.41) is 2.46. The average Bonchev–Trinajstić information content (AvgIpc) is 2.70. The molecule has 0 atom stereocenters. The quantitative estimate of drug-likeness (QED) is 0.734. The zero-order valence-electron chi connectivity index (χ0n) is 7.70. The third-order valence-electron chi connectivity index (χ3n) is 1.80. The lowest BCUT2D eigenvalue weighted by Crippen LogP contribution is -2.13. The van der Waals surface area contributed by atoms with E-state index >= 15 is 0 Å². The fourth-order valence-electron chi connectivity index (χ4n) is 1.13. The number of nitrogens with one attached hydrogen (secondary N) is 2. The number of amides is 1. The molecule has 0 saturated heterocycles. The van der Waals surface area contributed by atoms with Gasteiger partial charge in [0.15, 0.2) is 0 Å². The van der Waals surface area contributed by atoms with Gasteiger partial charge in [-0.25, -0.2) is 4.98 Å².